The van der Waals surface area contributed by atoms with Gasteiger partial charge in [0.25, 0.3) is 0 Å². The maximum Gasteiger partial charge on any atom is 0.318 e. The standard InChI is InChI=1S/C22H18ClN5O3/c23-17-4-1-3-16(11-17)12-26-19(29)14-27-18-5-2-8-25-20(18)28(22(31)21(27)30)13-15-6-9-24-10-7-15/h1-11H,12-14H2,(H,26,29). The van der Waals surface area contributed by atoms with Crippen molar-refractivity contribution in [2.24, 2.45) is 0 Å². The molecule has 31 heavy (non-hydrogen) atoms. The summed E-state index contributed by atoms with van der Waals surface area (Å²) < 4.78 is 2.47. The minimum atomic E-state index is -0.785. The maximum atomic E-state index is 12.8. The number of rotatable bonds is 6. The Morgan fingerprint density at radius 2 is 1.71 bits per heavy atom. The SMILES string of the molecule is O=C(Cn1c(=O)c(=O)n(Cc2ccncc2)c2ncccc21)NCc1cccc(Cl)c1. The van der Waals surface area contributed by atoms with Crippen LogP contribution in [0.4, 0.5) is 0 Å². The Morgan fingerprint density at radius 1 is 0.935 bits per heavy atom. The lowest BCUT2D eigenvalue weighted by molar-refractivity contribution is -0.121. The Morgan fingerprint density at radius 3 is 2.48 bits per heavy atom. The van der Waals surface area contributed by atoms with Crippen molar-refractivity contribution in [3.63, 3.8) is 0 Å². The van der Waals surface area contributed by atoms with E-state index in [9.17, 15) is 14.4 Å². The summed E-state index contributed by atoms with van der Waals surface area (Å²) in [6, 6.07) is 13.9. The van der Waals surface area contributed by atoms with Gasteiger partial charge in [-0.1, -0.05) is 23.7 Å². The van der Waals surface area contributed by atoms with Crippen LogP contribution in [0, 0.1) is 0 Å². The molecule has 0 aliphatic carbocycles. The summed E-state index contributed by atoms with van der Waals surface area (Å²) in [6.45, 7) is 0.127. The van der Waals surface area contributed by atoms with Gasteiger partial charge in [-0.2, -0.15) is 0 Å². The van der Waals surface area contributed by atoms with Crippen molar-refractivity contribution < 1.29 is 4.79 Å². The molecular weight excluding hydrogens is 418 g/mol. The number of carbonyl (C=O) groups is 1. The van der Waals surface area contributed by atoms with E-state index in [4.69, 9.17) is 11.6 Å². The fourth-order valence-corrected chi connectivity index (χ4v) is 3.48. The van der Waals surface area contributed by atoms with Crippen molar-refractivity contribution in [1.82, 2.24) is 24.4 Å². The van der Waals surface area contributed by atoms with E-state index in [1.165, 1.54) is 4.57 Å². The predicted octanol–water partition coefficient (Wildman–Crippen LogP) is 1.97. The van der Waals surface area contributed by atoms with E-state index in [-0.39, 0.29) is 19.6 Å². The van der Waals surface area contributed by atoms with Crippen LogP contribution >= 0.6 is 11.6 Å². The molecule has 0 saturated heterocycles. The van der Waals surface area contributed by atoms with E-state index >= 15 is 0 Å². The van der Waals surface area contributed by atoms with Crippen molar-refractivity contribution in [3.05, 3.63) is 104 Å². The molecule has 8 nitrogen and oxygen atoms in total. The molecule has 0 saturated carbocycles. The van der Waals surface area contributed by atoms with E-state index in [0.717, 1.165) is 15.7 Å². The zero-order valence-electron chi connectivity index (χ0n) is 16.4. The number of benzene rings is 1. The Hall–Kier alpha value is -3.78. The van der Waals surface area contributed by atoms with Crippen molar-refractivity contribution in [3.8, 4) is 0 Å². The Labute approximate surface area is 181 Å². The molecule has 0 fully saturated rings. The normalized spacial score (nSPS) is 10.9. The van der Waals surface area contributed by atoms with Crippen molar-refractivity contribution >= 4 is 28.7 Å². The summed E-state index contributed by atoms with van der Waals surface area (Å²) in [5, 5.41) is 3.31. The van der Waals surface area contributed by atoms with Crippen LogP contribution in [0.15, 0.2) is 76.7 Å². The van der Waals surface area contributed by atoms with Crippen LogP contribution in [0.25, 0.3) is 11.2 Å². The zero-order valence-corrected chi connectivity index (χ0v) is 17.1. The molecule has 0 aliphatic heterocycles. The van der Waals surface area contributed by atoms with Gasteiger partial charge in [-0.15, -0.1) is 0 Å². The smallest absolute Gasteiger partial charge is 0.318 e. The number of aromatic nitrogens is 4. The van der Waals surface area contributed by atoms with Gasteiger partial charge < -0.3 is 5.32 Å². The highest BCUT2D eigenvalue weighted by Crippen LogP contribution is 2.11. The molecule has 4 aromatic rings. The highest BCUT2D eigenvalue weighted by Gasteiger charge is 2.16. The molecule has 3 heterocycles. The van der Waals surface area contributed by atoms with Crippen LogP contribution in [0.5, 0.6) is 0 Å². The van der Waals surface area contributed by atoms with Gasteiger partial charge in [-0.25, -0.2) is 4.98 Å². The van der Waals surface area contributed by atoms with Gasteiger partial charge in [-0.05, 0) is 47.5 Å². The maximum absolute atomic E-state index is 12.8. The first-order valence-electron chi connectivity index (χ1n) is 9.51. The summed E-state index contributed by atoms with van der Waals surface area (Å²) >= 11 is 5.96. The quantitative estimate of drug-likeness (QED) is 0.467. The third-order valence-electron chi connectivity index (χ3n) is 4.76. The molecule has 1 amide bonds. The van der Waals surface area contributed by atoms with Crippen molar-refractivity contribution in [1.29, 1.82) is 0 Å². The Kier molecular flexibility index (Phi) is 5.90. The van der Waals surface area contributed by atoms with Gasteiger partial charge in [0.1, 0.15) is 6.54 Å². The lowest BCUT2D eigenvalue weighted by atomic mass is 10.2. The van der Waals surface area contributed by atoms with Crippen molar-refractivity contribution in [2.75, 3.05) is 0 Å². The van der Waals surface area contributed by atoms with Gasteiger partial charge in [-0.3, -0.25) is 28.5 Å². The molecular formula is C22H18ClN5O3. The second kappa shape index (κ2) is 8.93. The highest BCUT2D eigenvalue weighted by atomic mass is 35.5. The average Bonchev–Trinajstić information content (AvgIpc) is 2.79. The number of carbonyl (C=O) groups excluding carboxylic acids is 1. The number of nitrogens with one attached hydrogen (secondary N) is 1. The number of amides is 1. The molecule has 0 unspecified atom stereocenters. The molecule has 1 aromatic carbocycles. The predicted molar refractivity (Wildman–Crippen MR) is 117 cm³/mol. The largest absolute Gasteiger partial charge is 0.350 e. The third kappa shape index (κ3) is 4.54. The molecule has 156 valence electrons. The second-order valence-electron chi connectivity index (χ2n) is 6.89. The van der Waals surface area contributed by atoms with Gasteiger partial charge in [0.2, 0.25) is 5.91 Å². The number of pyridine rings is 2. The molecule has 4 rings (SSSR count). The second-order valence-corrected chi connectivity index (χ2v) is 7.33. The summed E-state index contributed by atoms with van der Waals surface area (Å²) in [6.07, 6.45) is 4.77. The van der Waals surface area contributed by atoms with Gasteiger partial charge in [0.05, 0.1) is 12.1 Å². The minimum absolute atomic E-state index is 0.173. The van der Waals surface area contributed by atoms with Crippen LogP contribution < -0.4 is 16.4 Å². The summed E-state index contributed by atoms with van der Waals surface area (Å²) in [7, 11) is 0. The van der Waals surface area contributed by atoms with Crippen LogP contribution in [0.3, 0.4) is 0 Å². The summed E-state index contributed by atoms with van der Waals surface area (Å²) in [4.78, 5) is 46.4. The Bertz CT molecular complexity index is 1370. The van der Waals surface area contributed by atoms with Crippen LogP contribution in [0.1, 0.15) is 11.1 Å². The minimum Gasteiger partial charge on any atom is -0.350 e. The number of halogens is 1. The van der Waals surface area contributed by atoms with Gasteiger partial charge in [0, 0.05) is 30.2 Å². The van der Waals surface area contributed by atoms with E-state index < -0.39 is 17.0 Å². The number of fused-ring (bicyclic) bond motifs is 1. The molecule has 0 radical (unpaired) electrons. The first kappa shape index (κ1) is 20.5. The van der Waals surface area contributed by atoms with E-state index in [2.05, 4.69) is 15.3 Å². The fraction of sp³-hybridized carbons (Fsp3) is 0.136. The average molecular weight is 436 g/mol. The van der Waals surface area contributed by atoms with Gasteiger partial charge in [0.15, 0.2) is 5.65 Å². The fourth-order valence-electron chi connectivity index (χ4n) is 3.27. The molecule has 1 N–H and O–H groups in total. The molecule has 0 bridgehead atoms. The molecule has 0 spiro atoms. The first-order valence-corrected chi connectivity index (χ1v) is 9.89. The summed E-state index contributed by atoms with van der Waals surface area (Å²) in [5.74, 6) is -0.404. The molecule has 9 heteroatoms. The molecule has 3 aromatic heterocycles. The number of hydrogen-bond acceptors (Lipinski definition) is 5. The molecule has 0 atom stereocenters. The molecule has 0 aliphatic rings. The van der Waals surface area contributed by atoms with Crippen molar-refractivity contribution in [2.45, 2.75) is 19.6 Å². The Balaban J connectivity index is 1.65. The van der Waals surface area contributed by atoms with Crippen LogP contribution in [0.2, 0.25) is 5.02 Å². The lowest BCUT2D eigenvalue weighted by Gasteiger charge is -2.14. The number of hydrogen-bond donors (Lipinski definition) is 1. The van der Waals surface area contributed by atoms with Gasteiger partial charge >= 0.3 is 11.1 Å². The monoisotopic (exact) mass is 435 g/mol. The lowest BCUT2D eigenvalue weighted by Crippen LogP contribution is -2.44. The first-order chi connectivity index (χ1) is 15.0. The van der Waals surface area contributed by atoms with E-state index in [1.807, 2.05) is 6.07 Å². The topological polar surface area (TPSA) is 98.9 Å². The highest BCUT2D eigenvalue weighted by molar-refractivity contribution is 6.30. The zero-order chi connectivity index (χ0) is 21.8. The van der Waals surface area contributed by atoms with E-state index in [1.54, 1.807) is 61.1 Å². The van der Waals surface area contributed by atoms with Crippen LogP contribution in [-0.4, -0.2) is 25.0 Å². The summed E-state index contributed by atoms with van der Waals surface area (Å²) in [5.41, 5.74) is 0.830. The van der Waals surface area contributed by atoms with Crippen LogP contribution in [-0.2, 0) is 24.4 Å². The third-order valence-corrected chi connectivity index (χ3v) is 4.99. The number of nitrogens with zero attached hydrogens (tertiary/aromatic N) is 4. The van der Waals surface area contributed by atoms with E-state index in [0.29, 0.717) is 16.2 Å².